The van der Waals surface area contributed by atoms with Crippen LogP contribution >= 0.6 is 23.2 Å². The van der Waals surface area contributed by atoms with Crippen molar-refractivity contribution in [3.8, 4) is 28.3 Å². The number of ether oxygens (including phenoxy) is 1. The predicted molar refractivity (Wildman–Crippen MR) is 89.9 cm³/mol. The molecule has 0 saturated carbocycles. The zero-order valence-electron chi connectivity index (χ0n) is 12.2. The van der Waals surface area contributed by atoms with Crippen molar-refractivity contribution in [2.24, 2.45) is 0 Å². The summed E-state index contributed by atoms with van der Waals surface area (Å²) in [6.07, 6.45) is 0. The van der Waals surface area contributed by atoms with Gasteiger partial charge in [0.25, 0.3) is 0 Å². The minimum atomic E-state index is -0.230. The fourth-order valence-electron chi connectivity index (χ4n) is 2.37. The first kappa shape index (κ1) is 15.9. The second-order valence-corrected chi connectivity index (χ2v) is 5.64. The number of methoxy groups -OCH3 is 1. The average Bonchev–Trinajstić information content (AvgIpc) is 3.01. The van der Waals surface area contributed by atoms with E-state index in [1.54, 1.807) is 25.3 Å². The normalized spacial score (nSPS) is 10.8. The molecule has 2 aromatic carbocycles. The van der Waals surface area contributed by atoms with E-state index in [9.17, 15) is 5.11 Å². The van der Waals surface area contributed by atoms with Gasteiger partial charge in [-0.25, -0.2) is 0 Å². The Morgan fingerprint density at radius 1 is 1.13 bits per heavy atom. The third-order valence-electron chi connectivity index (χ3n) is 3.49. The van der Waals surface area contributed by atoms with Gasteiger partial charge >= 0.3 is 0 Å². The molecule has 0 radical (unpaired) electrons. The third kappa shape index (κ3) is 2.93. The van der Waals surface area contributed by atoms with E-state index in [1.165, 1.54) is 0 Å². The Bertz CT molecular complexity index is 846. The first-order valence-corrected chi connectivity index (χ1v) is 7.59. The highest BCUT2D eigenvalue weighted by molar-refractivity contribution is 6.42. The Kier molecular flexibility index (Phi) is 4.57. The van der Waals surface area contributed by atoms with Gasteiger partial charge in [-0.1, -0.05) is 40.5 Å². The fourth-order valence-corrected chi connectivity index (χ4v) is 2.67. The zero-order chi connectivity index (χ0) is 16.4. The summed E-state index contributed by atoms with van der Waals surface area (Å²) in [4.78, 5) is 0. The van der Waals surface area contributed by atoms with Gasteiger partial charge < -0.3 is 14.4 Å². The summed E-state index contributed by atoms with van der Waals surface area (Å²) in [5.74, 6) is 1.10. The van der Waals surface area contributed by atoms with Gasteiger partial charge in [-0.3, -0.25) is 0 Å². The van der Waals surface area contributed by atoms with E-state index < -0.39 is 0 Å². The smallest absolute Gasteiger partial charge is 0.173 e. The molecule has 118 valence electrons. The molecule has 1 aromatic heterocycles. The number of aliphatic hydroxyl groups excluding tert-OH is 1. The third-order valence-corrected chi connectivity index (χ3v) is 4.23. The minimum Gasteiger partial charge on any atom is -0.496 e. The van der Waals surface area contributed by atoms with Crippen LogP contribution in [0.4, 0.5) is 0 Å². The van der Waals surface area contributed by atoms with Crippen molar-refractivity contribution in [3.05, 3.63) is 58.1 Å². The number of aromatic nitrogens is 1. The first-order chi connectivity index (χ1) is 11.2. The largest absolute Gasteiger partial charge is 0.496 e. The van der Waals surface area contributed by atoms with E-state index >= 15 is 0 Å². The minimum absolute atomic E-state index is 0.230. The van der Waals surface area contributed by atoms with Gasteiger partial charge in [0.2, 0.25) is 0 Å². The first-order valence-electron chi connectivity index (χ1n) is 6.84. The molecule has 0 aliphatic heterocycles. The van der Waals surface area contributed by atoms with Crippen LogP contribution in [-0.4, -0.2) is 17.4 Å². The van der Waals surface area contributed by atoms with Crippen LogP contribution in [0.2, 0.25) is 10.0 Å². The Morgan fingerprint density at radius 2 is 1.91 bits per heavy atom. The van der Waals surface area contributed by atoms with Crippen LogP contribution < -0.4 is 4.74 Å². The molecule has 0 bridgehead atoms. The van der Waals surface area contributed by atoms with E-state index in [2.05, 4.69) is 5.16 Å². The van der Waals surface area contributed by atoms with Gasteiger partial charge in [0, 0.05) is 11.1 Å². The maximum atomic E-state index is 9.80. The second-order valence-electron chi connectivity index (χ2n) is 4.83. The van der Waals surface area contributed by atoms with E-state index in [-0.39, 0.29) is 6.61 Å². The van der Waals surface area contributed by atoms with Gasteiger partial charge in [-0.05, 0) is 30.3 Å². The summed E-state index contributed by atoms with van der Waals surface area (Å²) < 4.78 is 10.8. The van der Waals surface area contributed by atoms with Crippen LogP contribution in [0.5, 0.6) is 5.75 Å². The van der Waals surface area contributed by atoms with Gasteiger partial charge in [0.15, 0.2) is 5.76 Å². The molecule has 3 rings (SSSR count). The van der Waals surface area contributed by atoms with Crippen molar-refractivity contribution in [2.45, 2.75) is 6.61 Å². The fraction of sp³-hybridized carbons (Fsp3) is 0.118. The van der Waals surface area contributed by atoms with Crippen LogP contribution in [0.25, 0.3) is 22.6 Å². The van der Waals surface area contributed by atoms with Crippen molar-refractivity contribution in [1.82, 2.24) is 5.16 Å². The lowest BCUT2D eigenvalue weighted by atomic mass is 10.0. The molecule has 1 N–H and O–H groups in total. The number of nitrogens with zero attached hydrogens (tertiary/aromatic N) is 1. The second kappa shape index (κ2) is 6.62. The highest BCUT2D eigenvalue weighted by atomic mass is 35.5. The molecule has 4 nitrogen and oxygen atoms in total. The number of aliphatic hydroxyl groups is 1. The molecule has 0 saturated heterocycles. The lowest BCUT2D eigenvalue weighted by molar-refractivity contribution is 0.281. The van der Waals surface area contributed by atoms with Crippen LogP contribution in [0, 0.1) is 0 Å². The lowest BCUT2D eigenvalue weighted by Crippen LogP contribution is -1.92. The molecular weight excluding hydrogens is 337 g/mol. The van der Waals surface area contributed by atoms with Crippen molar-refractivity contribution in [1.29, 1.82) is 0 Å². The average molecular weight is 350 g/mol. The Balaban J connectivity index is 2.15. The maximum Gasteiger partial charge on any atom is 0.173 e. The molecule has 0 fully saturated rings. The molecule has 0 spiro atoms. The number of hydrogen-bond acceptors (Lipinski definition) is 4. The number of halogens is 2. The summed E-state index contributed by atoms with van der Waals surface area (Å²) in [6, 6.07) is 12.5. The number of rotatable bonds is 4. The topological polar surface area (TPSA) is 55.5 Å². The zero-order valence-corrected chi connectivity index (χ0v) is 13.7. The molecule has 3 aromatic rings. The van der Waals surface area contributed by atoms with Crippen LogP contribution in [0.1, 0.15) is 5.56 Å². The molecule has 0 amide bonds. The predicted octanol–water partition coefficient (Wildman–Crippen LogP) is 4.82. The maximum absolute atomic E-state index is 9.80. The number of hydrogen-bond donors (Lipinski definition) is 1. The molecule has 1 heterocycles. The molecule has 0 unspecified atom stereocenters. The van der Waals surface area contributed by atoms with Crippen molar-refractivity contribution in [3.63, 3.8) is 0 Å². The number of para-hydroxylation sites is 1. The Labute approximate surface area is 143 Å². The summed E-state index contributed by atoms with van der Waals surface area (Å²) in [5.41, 5.74) is 2.53. The summed E-state index contributed by atoms with van der Waals surface area (Å²) in [6.45, 7) is -0.230. The standard InChI is InChI=1S/C17H13Cl2NO3/c1-22-15-5-3-2-4-11(15)16-12(9-21)17(23-20-16)10-6-7-13(18)14(19)8-10/h2-8,21H,9H2,1H3. The van der Waals surface area contributed by atoms with E-state index in [4.69, 9.17) is 32.5 Å². The van der Waals surface area contributed by atoms with Crippen molar-refractivity contribution >= 4 is 23.2 Å². The Hall–Kier alpha value is -2.01. The van der Waals surface area contributed by atoms with E-state index in [0.717, 1.165) is 5.56 Å². The monoisotopic (exact) mass is 349 g/mol. The highest BCUT2D eigenvalue weighted by Gasteiger charge is 2.21. The van der Waals surface area contributed by atoms with Gasteiger partial charge in [-0.15, -0.1) is 0 Å². The van der Waals surface area contributed by atoms with Crippen LogP contribution in [0.3, 0.4) is 0 Å². The van der Waals surface area contributed by atoms with Crippen LogP contribution in [0.15, 0.2) is 47.0 Å². The molecular formula is C17H13Cl2NO3. The summed E-state index contributed by atoms with van der Waals surface area (Å²) in [7, 11) is 1.58. The SMILES string of the molecule is COc1ccccc1-c1noc(-c2ccc(Cl)c(Cl)c2)c1CO. The molecule has 0 aliphatic carbocycles. The summed E-state index contributed by atoms with van der Waals surface area (Å²) >= 11 is 12.0. The molecule has 6 heteroatoms. The quantitative estimate of drug-likeness (QED) is 0.733. The van der Waals surface area contributed by atoms with Gasteiger partial charge in [0.1, 0.15) is 11.4 Å². The summed E-state index contributed by atoms with van der Waals surface area (Å²) in [5, 5.41) is 14.8. The van der Waals surface area contributed by atoms with E-state index in [0.29, 0.717) is 38.4 Å². The number of benzene rings is 2. The molecule has 0 atom stereocenters. The highest BCUT2D eigenvalue weighted by Crippen LogP contribution is 2.37. The van der Waals surface area contributed by atoms with Crippen molar-refractivity contribution in [2.75, 3.05) is 7.11 Å². The Morgan fingerprint density at radius 3 is 2.61 bits per heavy atom. The van der Waals surface area contributed by atoms with Crippen LogP contribution in [-0.2, 0) is 6.61 Å². The molecule has 23 heavy (non-hydrogen) atoms. The van der Waals surface area contributed by atoms with E-state index in [1.807, 2.05) is 24.3 Å². The van der Waals surface area contributed by atoms with Gasteiger partial charge in [-0.2, -0.15) is 0 Å². The van der Waals surface area contributed by atoms with Gasteiger partial charge in [0.05, 0.1) is 29.3 Å². The lowest BCUT2D eigenvalue weighted by Gasteiger charge is -2.07. The molecule has 0 aliphatic rings. The van der Waals surface area contributed by atoms with Crippen molar-refractivity contribution < 1.29 is 14.4 Å².